The molecule has 22 heavy (non-hydrogen) atoms. The first-order chi connectivity index (χ1) is 10.5. The van der Waals surface area contributed by atoms with Gasteiger partial charge in [0.25, 0.3) is 5.91 Å². The van der Waals surface area contributed by atoms with Crippen molar-refractivity contribution in [1.82, 2.24) is 20.7 Å². The molecule has 0 radical (unpaired) electrons. The van der Waals surface area contributed by atoms with Crippen molar-refractivity contribution < 1.29 is 19.8 Å². The molecule has 1 heterocycles. The van der Waals surface area contributed by atoms with Crippen LogP contribution in [-0.4, -0.2) is 49.6 Å². The molecule has 8 nitrogen and oxygen atoms in total. The summed E-state index contributed by atoms with van der Waals surface area (Å²) < 4.78 is 0. The Labute approximate surface area is 130 Å². The van der Waals surface area contributed by atoms with Crippen LogP contribution < -0.4 is 5.32 Å². The zero-order valence-electron chi connectivity index (χ0n) is 11.2. The van der Waals surface area contributed by atoms with Gasteiger partial charge in [-0.15, -0.1) is 0 Å². The summed E-state index contributed by atoms with van der Waals surface area (Å²) in [5.41, 5.74) is 0.594. The molecule has 2 rings (SSSR count). The van der Waals surface area contributed by atoms with E-state index in [1.54, 1.807) is 24.3 Å². The van der Waals surface area contributed by atoms with Crippen molar-refractivity contribution >= 4 is 23.5 Å². The van der Waals surface area contributed by atoms with Crippen molar-refractivity contribution in [3.05, 3.63) is 46.7 Å². The summed E-state index contributed by atoms with van der Waals surface area (Å²) in [6.07, 6.45) is -0.543. The zero-order chi connectivity index (χ0) is 16.1. The number of hydrogen-bond donors (Lipinski definition) is 4. The lowest BCUT2D eigenvalue weighted by atomic mass is 10.0. The number of rotatable bonds is 6. The lowest BCUT2D eigenvalue weighted by Gasteiger charge is -2.21. The Bertz CT molecular complexity index is 662. The summed E-state index contributed by atoms with van der Waals surface area (Å²) in [6.45, 7) is 0. The van der Waals surface area contributed by atoms with E-state index in [1.165, 1.54) is 6.20 Å². The number of aliphatic carboxylic acids is 1. The number of aliphatic hydroxyl groups excluding tert-OH is 1. The third-order valence-corrected chi connectivity index (χ3v) is 3.36. The Morgan fingerprint density at radius 3 is 2.68 bits per heavy atom. The second kappa shape index (κ2) is 7.01. The lowest BCUT2D eigenvalue weighted by molar-refractivity contribution is -0.148. The normalized spacial score (nSPS) is 13.4. The maximum atomic E-state index is 11.9. The van der Waals surface area contributed by atoms with E-state index in [1.807, 2.05) is 0 Å². The topological polar surface area (TPSA) is 128 Å². The van der Waals surface area contributed by atoms with Crippen LogP contribution >= 0.6 is 11.6 Å². The van der Waals surface area contributed by atoms with Crippen LogP contribution in [0.1, 0.15) is 16.1 Å². The van der Waals surface area contributed by atoms with E-state index >= 15 is 0 Å². The smallest absolute Gasteiger partial charge is 0.334 e. The van der Waals surface area contributed by atoms with Gasteiger partial charge in [0.15, 0.2) is 11.8 Å². The Kier molecular flexibility index (Phi) is 5.08. The number of carboxylic acids is 1. The highest BCUT2D eigenvalue weighted by Crippen LogP contribution is 2.18. The number of carbonyl (C=O) groups is 2. The zero-order valence-corrected chi connectivity index (χ0v) is 12.0. The summed E-state index contributed by atoms with van der Waals surface area (Å²) in [5, 5.41) is 31.0. The van der Waals surface area contributed by atoms with Crippen molar-refractivity contribution in [1.29, 1.82) is 0 Å². The Hall–Kier alpha value is -2.45. The number of aliphatic hydroxyl groups is 1. The molecule has 0 bridgehead atoms. The van der Waals surface area contributed by atoms with Crippen molar-refractivity contribution in [2.75, 3.05) is 0 Å². The average Bonchev–Trinajstić information content (AvgIpc) is 3.02. The van der Waals surface area contributed by atoms with Crippen LogP contribution in [-0.2, 0) is 11.2 Å². The molecule has 1 aromatic heterocycles. The maximum Gasteiger partial charge on any atom is 0.334 e. The first-order valence-electron chi connectivity index (χ1n) is 6.30. The van der Waals surface area contributed by atoms with Gasteiger partial charge >= 0.3 is 5.97 Å². The highest BCUT2D eigenvalue weighted by atomic mass is 35.5. The maximum absolute atomic E-state index is 11.9. The van der Waals surface area contributed by atoms with Gasteiger partial charge in [-0.3, -0.25) is 4.79 Å². The van der Waals surface area contributed by atoms with E-state index in [4.69, 9.17) is 16.7 Å². The molecule has 0 aliphatic heterocycles. The minimum absolute atomic E-state index is 0.0123. The number of aromatic amines is 1. The quantitative estimate of drug-likeness (QED) is 0.602. The Morgan fingerprint density at radius 1 is 1.36 bits per heavy atom. The van der Waals surface area contributed by atoms with Crippen LogP contribution in [0.4, 0.5) is 0 Å². The molecule has 0 aliphatic rings. The van der Waals surface area contributed by atoms with Crippen LogP contribution in [0, 0.1) is 0 Å². The first kappa shape index (κ1) is 15.9. The highest BCUT2D eigenvalue weighted by molar-refractivity contribution is 6.31. The highest BCUT2D eigenvalue weighted by Gasteiger charge is 2.29. The fourth-order valence-corrected chi connectivity index (χ4v) is 2.08. The van der Waals surface area contributed by atoms with Gasteiger partial charge in [0.2, 0.25) is 0 Å². The number of hydrogen-bond acceptors (Lipinski definition) is 5. The number of aromatic nitrogens is 3. The number of amides is 1. The molecule has 4 N–H and O–H groups in total. The second-order valence-corrected chi connectivity index (χ2v) is 4.92. The average molecular weight is 325 g/mol. The SMILES string of the molecule is O=C(NC(Cc1ccccc1Cl)C(O)C(=O)O)c1cn[nH]n1. The molecular weight excluding hydrogens is 312 g/mol. The third kappa shape index (κ3) is 3.80. The van der Waals surface area contributed by atoms with E-state index in [-0.39, 0.29) is 12.1 Å². The second-order valence-electron chi connectivity index (χ2n) is 4.51. The summed E-state index contributed by atoms with van der Waals surface area (Å²) in [5.74, 6) is -2.09. The number of nitrogens with zero attached hydrogens (tertiary/aromatic N) is 2. The lowest BCUT2D eigenvalue weighted by Crippen LogP contribution is -2.48. The largest absolute Gasteiger partial charge is 0.479 e. The standard InChI is InChI=1S/C13H13ClN4O4/c14-8-4-2-1-3-7(8)5-9(11(19)13(21)22)16-12(20)10-6-15-18-17-10/h1-4,6,9,11,19H,5H2,(H,16,20)(H,21,22)(H,15,17,18). The number of carboxylic acid groups (broad SMARTS) is 1. The van der Waals surface area contributed by atoms with Gasteiger partial charge in [-0.05, 0) is 18.1 Å². The van der Waals surface area contributed by atoms with Gasteiger partial charge in [0.1, 0.15) is 0 Å². The van der Waals surface area contributed by atoms with Gasteiger partial charge < -0.3 is 15.5 Å². The monoisotopic (exact) mass is 324 g/mol. The van der Waals surface area contributed by atoms with Gasteiger partial charge in [0.05, 0.1) is 12.2 Å². The summed E-state index contributed by atoms with van der Waals surface area (Å²) >= 11 is 6.02. The van der Waals surface area contributed by atoms with Crippen molar-refractivity contribution in [2.45, 2.75) is 18.6 Å². The van der Waals surface area contributed by atoms with E-state index in [2.05, 4.69) is 20.7 Å². The predicted octanol–water partition coefficient (Wildman–Crippen LogP) is 0.245. The van der Waals surface area contributed by atoms with Crippen LogP contribution in [0.15, 0.2) is 30.5 Å². The van der Waals surface area contributed by atoms with Crippen LogP contribution in [0.3, 0.4) is 0 Å². The van der Waals surface area contributed by atoms with Crippen LogP contribution in [0.5, 0.6) is 0 Å². The number of benzene rings is 1. The van der Waals surface area contributed by atoms with Crippen LogP contribution in [0.2, 0.25) is 5.02 Å². The van der Waals surface area contributed by atoms with Gasteiger partial charge in [-0.25, -0.2) is 4.79 Å². The van der Waals surface area contributed by atoms with E-state index in [9.17, 15) is 14.7 Å². The molecule has 0 aliphatic carbocycles. The van der Waals surface area contributed by atoms with Gasteiger partial charge in [0, 0.05) is 5.02 Å². The summed E-state index contributed by atoms with van der Waals surface area (Å²) in [4.78, 5) is 23.0. The van der Waals surface area contributed by atoms with Crippen molar-refractivity contribution in [2.24, 2.45) is 0 Å². The fraction of sp³-hybridized carbons (Fsp3) is 0.231. The molecule has 0 saturated heterocycles. The molecule has 1 aromatic carbocycles. The molecule has 0 saturated carbocycles. The molecular formula is C13H13ClN4O4. The molecule has 9 heteroatoms. The van der Waals surface area contributed by atoms with Crippen molar-refractivity contribution in [3.8, 4) is 0 Å². The summed E-state index contributed by atoms with van der Waals surface area (Å²) in [7, 11) is 0. The molecule has 116 valence electrons. The van der Waals surface area contributed by atoms with Gasteiger partial charge in [-0.2, -0.15) is 15.4 Å². The fourth-order valence-electron chi connectivity index (χ4n) is 1.87. The molecule has 1 amide bonds. The van der Waals surface area contributed by atoms with Crippen LogP contribution in [0.25, 0.3) is 0 Å². The number of nitrogens with one attached hydrogen (secondary N) is 2. The molecule has 2 unspecified atom stereocenters. The van der Waals surface area contributed by atoms with Crippen molar-refractivity contribution in [3.63, 3.8) is 0 Å². The Morgan fingerprint density at radius 2 is 2.09 bits per heavy atom. The molecule has 0 spiro atoms. The number of H-pyrrole nitrogens is 1. The Balaban J connectivity index is 2.18. The molecule has 0 fully saturated rings. The predicted molar refractivity (Wildman–Crippen MR) is 76.4 cm³/mol. The number of carbonyl (C=O) groups excluding carboxylic acids is 1. The van der Waals surface area contributed by atoms with E-state index in [0.29, 0.717) is 10.6 Å². The molecule has 2 aromatic rings. The third-order valence-electron chi connectivity index (χ3n) is 3.00. The first-order valence-corrected chi connectivity index (χ1v) is 6.67. The minimum atomic E-state index is -1.79. The van der Waals surface area contributed by atoms with Gasteiger partial charge in [-0.1, -0.05) is 29.8 Å². The van der Waals surface area contributed by atoms with E-state index < -0.39 is 24.0 Å². The summed E-state index contributed by atoms with van der Waals surface area (Å²) in [6, 6.07) is 5.71. The molecule has 2 atom stereocenters. The minimum Gasteiger partial charge on any atom is -0.479 e. The number of halogens is 1. The van der Waals surface area contributed by atoms with E-state index in [0.717, 1.165) is 0 Å².